The van der Waals surface area contributed by atoms with Crippen molar-refractivity contribution in [3.63, 3.8) is 0 Å². The van der Waals surface area contributed by atoms with Gasteiger partial charge >= 0.3 is 6.03 Å². The third kappa shape index (κ3) is 5.94. The monoisotopic (exact) mass is 284 g/mol. The average Bonchev–Trinajstić information content (AvgIpc) is 2.30. The zero-order chi connectivity index (χ0) is 14.4. The van der Waals surface area contributed by atoms with E-state index in [4.69, 9.17) is 11.6 Å². The molecule has 106 valence electrons. The normalized spacial score (nSPS) is 13.7. The van der Waals surface area contributed by atoms with Gasteiger partial charge in [-0.3, -0.25) is 0 Å². The number of carbonyl (C=O) groups excluding carboxylic acids is 1. The molecule has 0 saturated heterocycles. The molecule has 0 spiro atoms. The van der Waals surface area contributed by atoms with Gasteiger partial charge in [-0.2, -0.15) is 0 Å². The largest absolute Gasteiger partial charge is 0.393 e. The summed E-state index contributed by atoms with van der Waals surface area (Å²) in [4.78, 5) is 11.7. The van der Waals surface area contributed by atoms with Crippen LogP contribution in [0.25, 0.3) is 0 Å². The molecule has 2 atom stereocenters. The van der Waals surface area contributed by atoms with E-state index in [-0.39, 0.29) is 18.1 Å². The van der Waals surface area contributed by atoms with Crippen LogP contribution in [0.2, 0.25) is 5.02 Å². The first-order chi connectivity index (χ1) is 8.88. The minimum atomic E-state index is -0.352. The highest BCUT2D eigenvalue weighted by Gasteiger charge is 2.09. The molecule has 0 saturated carbocycles. The van der Waals surface area contributed by atoms with E-state index in [1.54, 1.807) is 19.1 Å². The molecular weight excluding hydrogens is 264 g/mol. The number of urea groups is 1. The van der Waals surface area contributed by atoms with Crippen molar-refractivity contribution < 1.29 is 9.90 Å². The molecule has 5 heteroatoms. The highest BCUT2D eigenvalue weighted by atomic mass is 35.5. The van der Waals surface area contributed by atoms with Crippen molar-refractivity contribution in [2.45, 2.75) is 33.3 Å². The van der Waals surface area contributed by atoms with Crippen molar-refractivity contribution in [3.8, 4) is 0 Å². The third-order valence-corrected chi connectivity index (χ3v) is 3.04. The maximum absolute atomic E-state index is 11.7. The summed E-state index contributed by atoms with van der Waals surface area (Å²) in [6.45, 7) is 6.15. The number of aryl methyl sites for hydroxylation is 1. The molecule has 1 aromatic carbocycles. The van der Waals surface area contributed by atoms with Crippen molar-refractivity contribution in [1.82, 2.24) is 5.32 Å². The van der Waals surface area contributed by atoms with Gasteiger partial charge in [-0.15, -0.1) is 0 Å². The van der Waals surface area contributed by atoms with Crippen LogP contribution >= 0.6 is 11.6 Å². The Kier molecular flexibility index (Phi) is 6.12. The lowest BCUT2D eigenvalue weighted by molar-refractivity contribution is 0.163. The van der Waals surface area contributed by atoms with E-state index in [1.165, 1.54) is 0 Å². The zero-order valence-corrected chi connectivity index (χ0v) is 12.3. The van der Waals surface area contributed by atoms with Gasteiger partial charge in [-0.25, -0.2) is 4.79 Å². The number of halogens is 1. The Morgan fingerprint density at radius 3 is 2.74 bits per heavy atom. The van der Waals surface area contributed by atoms with Gasteiger partial charge in [0.1, 0.15) is 0 Å². The Balaban J connectivity index is 2.45. The highest BCUT2D eigenvalue weighted by molar-refractivity contribution is 6.31. The molecule has 0 aliphatic rings. The summed E-state index contributed by atoms with van der Waals surface area (Å²) in [5.41, 5.74) is 1.66. The fraction of sp³-hybridized carbons (Fsp3) is 0.500. The molecule has 0 aliphatic heterocycles. The second kappa shape index (κ2) is 7.36. The Bertz CT molecular complexity index is 435. The van der Waals surface area contributed by atoms with E-state index < -0.39 is 0 Å². The number of benzene rings is 1. The van der Waals surface area contributed by atoms with Crippen LogP contribution in [0.15, 0.2) is 18.2 Å². The smallest absolute Gasteiger partial charge is 0.319 e. The van der Waals surface area contributed by atoms with Crippen LogP contribution in [0.4, 0.5) is 10.5 Å². The molecular formula is C14H21ClN2O2. The standard InChI is InChI=1S/C14H21ClN2O2/c1-9(6-11(3)18)8-16-14(19)17-13-7-12(15)5-4-10(13)2/h4-5,7,9,11,18H,6,8H2,1-3H3,(H2,16,17,19). The van der Waals surface area contributed by atoms with Crippen LogP contribution in [-0.4, -0.2) is 23.8 Å². The molecule has 0 bridgehead atoms. The molecule has 1 rings (SSSR count). The number of anilines is 1. The number of hydrogen-bond donors (Lipinski definition) is 3. The Morgan fingerprint density at radius 1 is 1.42 bits per heavy atom. The molecule has 0 aliphatic carbocycles. The number of carbonyl (C=O) groups is 1. The maximum Gasteiger partial charge on any atom is 0.319 e. The predicted molar refractivity (Wildman–Crippen MR) is 78.7 cm³/mol. The molecule has 2 amide bonds. The summed E-state index contributed by atoms with van der Waals surface area (Å²) < 4.78 is 0. The van der Waals surface area contributed by atoms with Crippen molar-refractivity contribution in [2.24, 2.45) is 5.92 Å². The van der Waals surface area contributed by atoms with E-state index in [9.17, 15) is 9.90 Å². The van der Waals surface area contributed by atoms with E-state index >= 15 is 0 Å². The number of amides is 2. The summed E-state index contributed by atoms with van der Waals surface area (Å²) in [6.07, 6.45) is 0.311. The molecule has 4 nitrogen and oxygen atoms in total. The van der Waals surface area contributed by atoms with Gasteiger partial charge in [0.15, 0.2) is 0 Å². The van der Waals surface area contributed by atoms with Gasteiger partial charge in [-0.1, -0.05) is 24.6 Å². The minimum Gasteiger partial charge on any atom is -0.393 e. The Morgan fingerprint density at radius 2 is 2.11 bits per heavy atom. The van der Waals surface area contributed by atoms with E-state index in [0.717, 1.165) is 5.56 Å². The molecule has 19 heavy (non-hydrogen) atoms. The van der Waals surface area contributed by atoms with Crippen LogP contribution in [-0.2, 0) is 0 Å². The van der Waals surface area contributed by atoms with Crippen LogP contribution in [0.5, 0.6) is 0 Å². The maximum atomic E-state index is 11.7. The van der Waals surface area contributed by atoms with Gasteiger partial charge in [0.05, 0.1) is 6.10 Å². The first-order valence-corrected chi connectivity index (χ1v) is 6.75. The van der Waals surface area contributed by atoms with E-state index in [1.807, 2.05) is 19.9 Å². The van der Waals surface area contributed by atoms with Crippen molar-refractivity contribution in [3.05, 3.63) is 28.8 Å². The molecule has 0 aromatic heterocycles. The molecule has 2 unspecified atom stereocenters. The number of aliphatic hydroxyl groups excluding tert-OH is 1. The van der Waals surface area contributed by atoms with Crippen LogP contribution in [0, 0.1) is 12.8 Å². The van der Waals surface area contributed by atoms with Gasteiger partial charge in [0.2, 0.25) is 0 Å². The first-order valence-electron chi connectivity index (χ1n) is 6.37. The number of hydrogen-bond acceptors (Lipinski definition) is 2. The topological polar surface area (TPSA) is 61.4 Å². The molecule has 0 radical (unpaired) electrons. The number of aliphatic hydroxyl groups is 1. The summed E-state index contributed by atoms with van der Waals surface area (Å²) in [7, 11) is 0. The Labute approximate surface area is 119 Å². The highest BCUT2D eigenvalue weighted by Crippen LogP contribution is 2.19. The quantitative estimate of drug-likeness (QED) is 0.778. The fourth-order valence-electron chi connectivity index (χ4n) is 1.83. The van der Waals surface area contributed by atoms with Crippen LogP contribution < -0.4 is 10.6 Å². The zero-order valence-electron chi connectivity index (χ0n) is 11.5. The molecule has 3 N–H and O–H groups in total. The summed E-state index contributed by atoms with van der Waals surface area (Å²) >= 11 is 5.89. The SMILES string of the molecule is Cc1ccc(Cl)cc1NC(=O)NCC(C)CC(C)O. The molecule has 0 fully saturated rings. The lowest BCUT2D eigenvalue weighted by atomic mass is 10.1. The summed E-state index contributed by atoms with van der Waals surface area (Å²) in [6, 6.07) is 5.09. The molecule has 1 aromatic rings. The van der Waals surface area contributed by atoms with Crippen LogP contribution in [0.1, 0.15) is 25.8 Å². The summed E-state index contributed by atoms with van der Waals surface area (Å²) in [5, 5.41) is 15.4. The fourth-order valence-corrected chi connectivity index (χ4v) is 2.00. The summed E-state index contributed by atoms with van der Waals surface area (Å²) in [5.74, 6) is 0.228. The van der Waals surface area contributed by atoms with E-state index in [0.29, 0.717) is 23.7 Å². The van der Waals surface area contributed by atoms with Gasteiger partial charge < -0.3 is 15.7 Å². The van der Waals surface area contributed by atoms with Crippen LogP contribution in [0.3, 0.4) is 0 Å². The van der Waals surface area contributed by atoms with Crippen molar-refractivity contribution >= 4 is 23.3 Å². The third-order valence-electron chi connectivity index (χ3n) is 2.80. The minimum absolute atomic E-state index is 0.228. The predicted octanol–water partition coefficient (Wildman–Crippen LogP) is 3.18. The van der Waals surface area contributed by atoms with Crippen molar-refractivity contribution in [1.29, 1.82) is 0 Å². The number of rotatable bonds is 5. The average molecular weight is 285 g/mol. The lowest BCUT2D eigenvalue weighted by Crippen LogP contribution is -2.33. The molecule has 0 heterocycles. The second-order valence-electron chi connectivity index (χ2n) is 4.98. The van der Waals surface area contributed by atoms with Gasteiger partial charge in [0.25, 0.3) is 0 Å². The van der Waals surface area contributed by atoms with Crippen molar-refractivity contribution in [2.75, 3.05) is 11.9 Å². The lowest BCUT2D eigenvalue weighted by Gasteiger charge is -2.15. The first kappa shape index (κ1) is 15.8. The Hall–Kier alpha value is -1.26. The second-order valence-corrected chi connectivity index (χ2v) is 5.42. The van der Waals surface area contributed by atoms with Gasteiger partial charge in [0, 0.05) is 17.3 Å². The number of nitrogens with one attached hydrogen (secondary N) is 2. The van der Waals surface area contributed by atoms with E-state index in [2.05, 4.69) is 10.6 Å². The van der Waals surface area contributed by atoms with Gasteiger partial charge in [-0.05, 0) is 43.9 Å².